The van der Waals surface area contributed by atoms with Gasteiger partial charge >= 0.3 is 0 Å². The summed E-state index contributed by atoms with van der Waals surface area (Å²) < 4.78 is 5.67. The fourth-order valence-electron chi connectivity index (χ4n) is 2.06. The predicted octanol–water partition coefficient (Wildman–Crippen LogP) is 1.47. The Morgan fingerprint density at radius 2 is 1.95 bits per heavy atom. The summed E-state index contributed by atoms with van der Waals surface area (Å²) in [6, 6.07) is 7.31. The molecule has 0 aliphatic carbocycles. The highest BCUT2D eigenvalue weighted by Crippen LogP contribution is 2.26. The van der Waals surface area contributed by atoms with Crippen molar-refractivity contribution in [1.82, 2.24) is 5.32 Å². The highest BCUT2D eigenvalue weighted by atomic mass is 16.3. The van der Waals surface area contributed by atoms with Crippen molar-refractivity contribution >= 4 is 16.9 Å². The molecule has 0 bridgehead atoms. The lowest BCUT2D eigenvalue weighted by Gasteiger charge is -2.26. The normalized spacial score (nSPS) is 11.8. The van der Waals surface area contributed by atoms with E-state index in [9.17, 15) is 15.0 Å². The number of rotatable bonds is 5. The van der Waals surface area contributed by atoms with E-state index in [1.807, 2.05) is 31.2 Å². The molecule has 1 aromatic carbocycles. The highest BCUT2D eigenvalue weighted by Gasteiger charge is 2.28. The van der Waals surface area contributed by atoms with Crippen molar-refractivity contribution in [3.8, 4) is 0 Å². The Morgan fingerprint density at radius 3 is 2.55 bits per heavy atom. The van der Waals surface area contributed by atoms with E-state index < -0.39 is 5.54 Å². The number of fused-ring (bicyclic) bond motifs is 1. The Kier molecular flexibility index (Phi) is 4.11. The van der Waals surface area contributed by atoms with Gasteiger partial charge in [-0.1, -0.05) is 25.1 Å². The largest absolute Gasteiger partial charge is 0.460 e. The first-order chi connectivity index (χ1) is 9.54. The molecule has 0 saturated carbocycles. The summed E-state index contributed by atoms with van der Waals surface area (Å²) in [5, 5.41) is 21.9. The van der Waals surface area contributed by atoms with Crippen LogP contribution in [0.4, 0.5) is 0 Å². The number of hydrogen-bond donors (Lipinski definition) is 3. The maximum atomic E-state index is 12.4. The molecule has 1 heterocycles. The SMILES string of the molecule is CCc1oc2ccccc2c1C(=O)NC(C)(CO)CO. The molecule has 1 amide bonds. The van der Waals surface area contributed by atoms with Crippen LogP contribution >= 0.6 is 0 Å². The number of aryl methyl sites for hydroxylation is 1. The Hall–Kier alpha value is -1.85. The minimum Gasteiger partial charge on any atom is -0.460 e. The summed E-state index contributed by atoms with van der Waals surface area (Å²) in [5.74, 6) is 0.249. The molecule has 5 heteroatoms. The number of carbonyl (C=O) groups is 1. The van der Waals surface area contributed by atoms with Crippen LogP contribution in [-0.4, -0.2) is 34.9 Å². The van der Waals surface area contributed by atoms with Crippen molar-refractivity contribution < 1.29 is 19.4 Å². The summed E-state index contributed by atoms with van der Waals surface area (Å²) in [6.45, 7) is 2.81. The third-order valence-corrected chi connectivity index (χ3v) is 3.33. The lowest BCUT2D eigenvalue weighted by Crippen LogP contribution is -2.51. The number of aliphatic hydroxyl groups is 2. The second-order valence-electron chi connectivity index (χ2n) is 5.08. The van der Waals surface area contributed by atoms with Crippen LogP contribution in [0.1, 0.15) is 30.0 Å². The Bertz CT molecular complexity index is 613. The van der Waals surface area contributed by atoms with Crippen LogP contribution < -0.4 is 5.32 Å². The van der Waals surface area contributed by atoms with Gasteiger partial charge in [0.25, 0.3) is 5.91 Å². The maximum Gasteiger partial charge on any atom is 0.256 e. The van der Waals surface area contributed by atoms with Crippen molar-refractivity contribution in [2.45, 2.75) is 25.8 Å². The van der Waals surface area contributed by atoms with Gasteiger partial charge in [0.1, 0.15) is 11.3 Å². The molecule has 20 heavy (non-hydrogen) atoms. The zero-order chi connectivity index (χ0) is 14.8. The molecule has 0 saturated heterocycles. The van der Waals surface area contributed by atoms with Gasteiger partial charge in [-0.15, -0.1) is 0 Å². The molecule has 0 unspecified atom stereocenters. The predicted molar refractivity (Wildman–Crippen MR) is 75.6 cm³/mol. The van der Waals surface area contributed by atoms with Gasteiger partial charge in [0.2, 0.25) is 0 Å². The van der Waals surface area contributed by atoms with Crippen LogP contribution in [0.5, 0.6) is 0 Å². The smallest absolute Gasteiger partial charge is 0.256 e. The van der Waals surface area contributed by atoms with E-state index in [4.69, 9.17) is 4.42 Å². The molecule has 0 aliphatic rings. The summed E-state index contributed by atoms with van der Waals surface area (Å²) in [6.07, 6.45) is 0.590. The molecule has 1 aromatic heterocycles. The zero-order valence-electron chi connectivity index (χ0n) is 11.6. The van der Waals surface area contributed by atoms with Crippen LogP contribution in [0, 0.1) is 0 Å². The molecule has 5 nitrogen and oxygen atoms in total. The average molecular weight is 277 g/mol. The molecule has 108 valence electrons. The van der Waals surface area contributed by atoms with Crippen LogP contribution in [0.3, 0.4) is 0 Å². The maximum absolute atomic E-state index is 12.4. The van der Waals surface area contributed by atoms with E-state index in [1.165, 1.54) is 0 Å². The van der Waals surface area contributed by atoms with Gasteiger partial charge in [0, 0.05) is 11.8 Å². The van der Waals surface area contributed by atoms with Crippen LogP contribution in [0.25, 0.3) is 11.0 Å². The van der Waals surface area contributed by atoms with E-state index in [0.717, 1.165) is 5.39 Å². The molecular weight excluding hydrogens is 258 g/mol. The first kappa shape index (κ1) is 14.6. The number of carbonyl (C=O) groups excluding carboxylic acids is 1. The third kappa shape index (κ3) is 2.55. The van der Waals surface area contributed by atoms with Gasteiger partial charge in [0.15, 0.2) is 0 Å². The second kappa shape index (κ2) is 5.64. The highest BCUT2D eigenvalue weighted by molar-refractivity contribution is 6.07. The Balaban J connectivity index is 2.43. The quantitative estimate of drug-likeness (QED) is 0.773. The lowest BCUT2D eigenvalue weighted by atomic mass is 10.0. The van der Waals surface area contributed by atoms with Crippen LogP contribution in [0.2, 0.25) is 0 Å². The van der Waals surface area contributed by atoms with Gasteiger partial charge < -0.3 is 19.9 Å². The Labute approximate surface area is 117 Å². The van der Waals surface area contributed by atoms with Crippen LogP contribution in [0.15, 0.2) is 28.7 Å². The third-order valence-electron chi connectivity index (χ3n) is 3.33. The monoisotopic (exact) mass is 277 g/mol. The molecule has 2 aromatic rings. The fourth-order valence-corrected chi connectivity index (χ4v) is 2.06. The van der Waals surface area contributed by atoms with E-state index in [0.29, 0.717) is 23.3 Å². The minimum atomic E-state index is -1.06. The minimum absolute atomic E-state index is 0.341. The zero-order valence-corrected chi connectivity index (χ0v) is 11.6. The van der Waals surface area contributed by atoms with Crippen molar-refractivity contribution in [3.05, 3.63) is 35.6 Å². The number of furan rings is 1. The molecule has 0 atom stereocenters. The number of hydrogen-bond acceptors (Lipinski definition) is 4. The molecule has 0 spiro atoms. The molecular formula is C15H19NO4. The van der Waals surface area contributed by atoms with E-state index in [1.54, 1.807) is 6.92 Å². The van der Waals surface area contributed by atoms with E-state index in [2.05, 4.69) is 5.32 Å². The number of aliphatic hydroxyl groups excluding tert-OH is 2. The second-order valence-corrected chi connectivity index (χ2v) is 5.08. The number of para-hydroxylation sites is 1. The molecule has 3 N–H and O–H groups in total. The summed E-state index contributed by atoms with van der Waals surface area (Å²) in [7, 11) is 0. The van der Waals surface area contributed by atoms with Crippen LogP contribution in [-0.2, 0) is 6.42 Å². The number of nitrogens with one attached hydrogen (secondary N) is 1. The average Bonchev–Trinajstić information content (AvgIpc) is 2.85. The number of amides is 1. The van der Waals surface area contributed by atoms with Gasteiger partial charge in [-0.2, -0.15) is 0 Å². The Morgan fingerprint density at radius 1 is 1.30 bits per heavy atom. The van der Waals surface area contributed by atoms with Crippen molar-refractivity contribution in [1.29, 1.82) is 0 Å². The standard InChI is InChI=1S/C15H19NO4/c1-3-11-13(10-6-4-5-7-12(10)20-11)14(19)16-15(2,8-17)9-18/h4-7,17-18H,3,8-9H2,1-2H3,(H,16,19). The summed E-state index contributed by atoms with van der Waals surface area (Å²) >= 11 is 0. The first-order valence-corrected chi connectivity index (χ1v) is 6.59. The topological polar surface area (TPSA) is 82.7 Å². The van der Waals surface area contributed by atoms with Crippen molar-refractivity contribution in [3.63, 3.8) is 0 Å². The first-order valence-electron chi connectivity index (χ1n) is 6.59. The van der Waals surface area contributed by atoms with Crippen molar-refractivity contribution in [2.75, 3.05) is 13.2 Å². The van der Waals surface area contributed by atoms with Gasteiger partial charge in [0.05, 0.1) is 24.3 Å². The molecule has 0 aliphatic heterocycles. The van der Waals surface area contributed by atoms with E-state index >= 15 is 0 Å². The lowest BCUT2D eigenvalue weighted by molar-refractivity contribution is 0.0723. The molecule has 0 radical (unpaired) electrons. The van der Waals surface area contributed by atoms with Gasteiger partial charge in [-0.3, -0.25) is 4.79 Å². The fraction of sp³-hybridized carbons (Fsp3) is 0.400. The molecule has 2 rings (SSSR count). The molecule has 0 fully saturated rings. The summed E-state index contributed by atoms with van der Waals surface area (Å²) in [4.78, 5) is 12.4. The van der Waals surface area contributed by atoms with Crippen molar-refractivity contribution in [2.24, 2.45) is 0 Å². The summed E-state index contributed by atoms with van der Waals surface area (Å²) in [5.41, 5.74) is 0.0703. The van der Waals surface area contributed by atoms with Gasteiger partial charge in [-0.25, -0.2) is 0 Å². The van der Waals surface area contributed by atoms with E-state index in [-0.39, 0.29) is 19.1 Å². The number of benzene rings is 1. The van der Waals surface area contributed by atoms with Gasteiger partial charge in [-0.05, 0) is 13.0 Å².